The number of nitrogens with one attached hydrogen (secondary N) is 3. The van der Waals surface area contributed by atoms with E-state index in [-0.39, 0.29) is 72.5 Å². The second-order valence-corrected chi connectivity index (χ2v) is 36.6. The predicted molar refractivity (Wildman–Crippen MR) is 396 cm³/mol. The summed E-state index contributed by atoms with van der Waals surface area (Å²) in [7, 11) is -7.79. The average Bonchev–Trinajstić information content (AvgIpc) is 1.54. The molecule has 6 aromatic rings. The van der Waals surface area contributed by atoms with Crippen molar-refractivity contribution in [2.24, 2.45) is 0 Å². The molecule has 0 aliphatic carbocycles. The quantitative estimate of drug-likeness (QED) is 0.0124. The van der Waals surface area contributed by atoms with Crippen LogP contribution < -0.4 is 65.6 Å². The van der Waals surface area contributed by atoms with Crippen molar-refractivity contribution in [1.29, 1.82) is 0 Å². The van der Waals surface area contributed by atoms with Gasteiger partial charge in [0.2, 0.25) is 0 Å². The van der Waals surface area contributed by atoms with Crippen LogP contribution in [0.1, 0.15) is 74.2 Å². The Balaban J connectivity index is 0.785. The summed E-state index contributed by atoms with van der Waals surface area (Å²) >= 11 is 11.1. The topological polar surface area (TPSA) is 630 Å². The predicted octanol–water partition coefficient (Wildman–Crippen LogP) is -3.81. The van der Waals surface area contributed by atoms with Crippen LogP contribution in [-0.2, 0) is 136 Å². The van der Waals surface area contributed by atoms with E-state index < -0.39 is 236 Å². The van der Waals surface area contributed by atoms with Gasteiger partial charge in [0.1, 0.15) is 115 Å². The zero-order valence-corrected chi connectivity index (χ0v) is 69.4. The molecule has 0 aromatic carbocycles. The zero-order valence-electron chi connectivity index (χ0n) is 64.2. The molecule has 6 aromatic heterocycles. The third-order valence-corrected chi connectivity index (χ3v) is 25.8. The first-order valence-electron chi connectivity index (χ1n) is 36.2. The molecular formula is C63H84N14O35P4S2-4. The maximum Gasteiger partial charge on any atom is 0.351 e. The number of nitrogens with zero attached hydrogens (tertiary/aromatic N) is 9. The van der Waals surface area contributed by atoms with E-state index in [9.17, 15) is 52.7 Å². The summed E-state index contributed by atoms with van der Waals surface area (Å²) in [5.41, 5.74) is 2.23. The molecule has 4 bridgehead atoms. The van der Waals surface area contributed by atoms with E-state index in [1.165, 1.54) is 79.2 Å². The highest BCUT2D eigenvalue weighted by atomic mass is 32.7. The van der Waals surface area contributed by atoms with Crippen LogP contribution in [-0.4, -0.2) is 253 Å². The molecule has 13 heterocycles. The number of aromatic nitrogens is 12. The number of methoxy groups -OCH3 is 3. The van der Waals surface area contributed by atoms with Crippen molar-refractivity contribution >= 4 is 76.0 Å². The average molecular weight is 1790 g/mol. The van der Waals surface area contributed by atoms with Gasteiger partial charge in [-0.3, -0.25) is 65.9 Å². The number of aliphatic hydroxyl groups excluding tert-OH is 1. The summed E-state index contributed by atoms with van der Waals surface area (Å²) in [6, 6.07) is 0. The van der Waals surface area contributed by atoms with Crippen LogP contribution in [0.15, 0.2) is 71.0 Å². The first-order chi connectivity index (χ1) is 55.7. The molecule has 7 aliphatic heterocycles. The van der Waals surface area contributed by atoms with Gasteiger partial charge in [0.05, 0.1) is 84.6 Å². The summed E-state index contributed by atoms with van der Waals surface area (Å²) in [6.07, 6.45) is -24.9. The lowest BCUT2D eigenvalue weighted by atomic mass is 9.94. The van der Waals surface area contributed by atoms with Crippen LogP contribution >= 0.6 is 29.2 Å². The second kappa shape index (κ2) is 35.5. The number of ether oxygens (including phenoxy) is 13. The van der Waals surface area contributed by atoms with Gasteiger partial charge in [-0.05, 0) is 48.5 Å². The maximum absolute atomic E-state index is 15.3. The molecule has 7 fully saturated rings. The minimum absolute atomic E-state index is 0.0130. The van der Waals surface area contributed by atoms with Gasteiger partial charge in [-0.25, -0.2) is 34.1 Å². The third-order valence-electron chi connectivity index (χ3n) is 20.8. The van der Waals surface area contributed by atoms with Crippen LogP contribution in [0, 0.1) is 27.7 Å². The van der Waals surface area contributed by atoms with Gasteiger partial charge in [0, 0.05) is 68.4 Å². The molecule has 7 saturated heterocycles. The number of aromatic amines is 3. The minimum Gasteiger partial charge on any atom is -0.780 e. The number of H-pyrrole nitrogens is 3. The number of aliphatic hydroxyl groups is 1. The highest BCUT2D eigenvalue weighted by molar-refractivity contribution is 8.32. The van der Waals surface area contributed by atoms with E-state index in [0.717, 1.165) is 37.0 Å². The van der Waals surface area contributed by atoms with Crippen molar-refractivity contribution < 1.29 is 131 Å². The fourth-order valence-corrected chi connectivity index (χ4v) is 19.4. The Kier molecular flexibility index (Phi) is 27.0. The highest BCUT2D eigenvalue weighted by Gasteiger charge is 2.69. The lowest BCUT2D eigenvalue weighted by molar-refractivity contribution is -0.252. The van der Waals surface area contributed by atoms with Crippen molar-refractivity contribution in [2.75, 3.05) is 98.9 Å². The van der Waals surface area contributed by atoms with Crippen LogP contribution in [0.25, 0.3) is 11.2 Å². The number of phosphoric acid groups is 2. The molecule has 0 saturated carbocycles. The Morgan fingerprint density at radius 2 is 1.02 bits per heavy atom. The normalized spacial score (nSPS) is 33.2. The molecule has 652 valence electrons. The van der Waals surface area contributed by atoms with Gasteiger partial charge in [0.25, 0.3) is 32.3 Å². The van der Waals surface area contributed by atoms with Crippen LogP contribution in [0.3, 0.4) is 0 Å². The molecule has 8 N–H and O–H groups in total. The third kappa shape index (κ3) is 18.2. The number of phosphoric ester groups is 2. The fourth-order valence-electron chi connectivity index (χ4n) is 14.6. The zero-order chi connectivity index (χ0) is 85.2. The number of nitrogen functional groups attached to an aromatic ring is 2. The lowest BCUT2D eigenvalue weighted by Crippen LogP contribution is -2.51. The van der Waals surface area contributed by atoms with E-state index in [4.69, 9.17) is 133 Å². The van der Waals surface area contributed by atoms with Gasteiger partial charge in [-0.1, -0.05) is 11.8 Å². The monoisotopic (exact) mass is 1780 g/mol. The van der Waals surface area contributed by atoms with E-state index in [0.29, 0.717) is 5.56 Å². The van der Waals surface area contributed by atoms with E-state index in [2.05, 4.69) is 34.9 Å². The summed E-state index contributed by atoms with van der Waals surface area (Å²) in [6.45, 7) is -5.66. The Hall–Kier alpha value is -6.24. The number of rotatable bonds is 37. The molecule has 118 heavy (non-hydrogen) atoms. The van der Waals surface area contributed by atoms with Crippen molar-refractivity contribution in [1.82, 2.24) is 57.7 Å². The van der Waals surface area contributed by atoms with Crippen LogP contribution in [0.2, 0.25) is 0 Å². The number of hydrogen-bond acceptors (Lipinski definition) is 43. The molecule has 26 atom stereocenters. The molecule has 13 rings (SSSR count). The van der Waals surface area contributed by atoms with Gasteiger partial charge < -0.3 is 141 Å². The van der Waals surface area contributed by atoms with Gasteiger partial charge >= 0.3 is 22.8 Å². The maximum atomic E-state index is 15.3. The summed E-state index contributed by atoms with van der Waals surface area (Å²) in [5, 5.41) is 11.7. The number of imidazole rings is 1. The molecular weight excluding hydrogens is 1700 g/mol. The molecule has 55 heteroatoms. The second-order valence-electron chi connectivity index (χ2n) is 28.5. The number of aryl methyl sites for hydroxylation is 4. The standard InChI is InChI=1S/C63H88N14O35P4S2/c1-27-17-73(58(82)69-47(27)64)53-40(95-14-11-92-8)37(78)33(104-53)21-99-115(90,117)110-39-35(106-55(42(39)97-16-13-94-10)75-19-29(3)51(80)71-60(75)84)23-100-116(91,118)112-46-44-57(77-26-68-36-48(65)66-25-67-49(36)77)108-63(46,32(6)103-44)24-101-114(88,89)109-38-34(105-54(41(38)96-15-12-93-9)74-18-28(2)50(79)70-59(74)83)22-98-113(86,87)111-45-43-56(107-62(45,7)31(5)102-43)76-20-30(4)52(81)72-61(76)85/h17-20,25-26,31-35,37-46,53-57,78H,11-16,21-24H2,1-10H3,(H,86,87)(H,88,89)(H,90,117)(H,91,118)(H2,64,69,82)(H2,65,66,67)(H,70,79,83)(H,71,80,84)(H,72,81,85)/p-4/t31-,32-,33+,34+,35+,37?,38?,39?,40-,41-,42-,43-,44-,45?,46?,53+,54+,55+,56+,57+,62-,63-,115?,116?/m0/s1. The molecule has 7 aliphatic rings. The molecule has 9 unspecified atom stereocenters. The van der Waals surface area contributed by atoms with Crippen LogP contribution in [0.5, 0.6) is 0 Å². The Morgan fingerprint density at radius 3 is 1.58 bits per heavy atom. The van der Waals surface area contributed by atoms with E-state index in [1.54, 1.807) is 13.8 Å². The summed E-state index contributed by atoms with van der Waals surface area (Å²) in [5.74, 6) is -0.185. The Morgan fingerprint density at radius 1 is 0.542 bits per heavy atom. The molecule has 49 nitrogen and oxygen atoms in total. The highest BCUT2D eigenvalue weighted by Crippen LogP contribution is 2.60. The Bertz CT molecular complexity index is 5350. The number of hydrogen-bond donors (Lipinski definition) is 6. The first kappa shape index (κ1) is 89.5. The summed E-state index contributed by atoms with van der Waals surface area (Å²) < 4.78 is 174. The molecule has 0 radical (unpaired) electrons. The van der Waals surface area contributed by atoms with E-state index >= 15 is 14.4 Å². The SMILES string of the molecule is COCCO[C@H]1C(O)[C@@H](COP(=O)([S-])OC2[C@@H](COP([O-])(=S)OC3[C@@H]4O[C@@H](C)[C@]3(COP(=O)([O-])OC3[C@@H](COP(=O)([O-])OC5[C@@H]6O[C@@H](C)[C@]5(C)O[C@H]6n5cc(C)c(=O)[nH]c5=O)O[C@@H](n5cc(C)c(=O)[nH]c5=O)[C@H]3OCCOC)O[C@H]4n3cnc4c(N)ncnc43)O[C@@H](n3cc(C)c(=O)[nH]c3=O)[C@H]2OCCOC)O[C@H]1n1cc(C)c(N)nc1=O. The smallest absolute Gasteiger partial charge is 0.351 e. The van der Waals surface area contributed by atoms with Gasteiger partial charge in [-0.15, -0.1) is 0 Å². The van der Waals surface area contributed by atoms with Crippen molar-refractivity contribution in [3.63, 3.8) is 0 Å². The van der Waals surface area contributed by atoms with E-state index in [1.807, 2.05) is 0 Å². The van der Waals surface area contributed by atoms with Crippen molar-refractivity contribution in [3.8, 4) is 0 Å². The number of nitrogens with two attached hydrogens (primary N) is 2. The van der Waals surface area contributed by atoms with Crippen molar-refractivity contribution in [3.05, 3.63) is 133 Å². The minimum atomic E-state index is -6.09. The first-order valence-corrected chi connectivity index (χ1v) is 44.2. The molecule has 0 spiro atoms. The van der Waals surface area contributed by atoms with Crippen molar-refractivity contribution in [2.45, 2.75) is 182 Å². The van der Waals surface area contributed by atoms with Crippen LogP contribution in [0.4, 0.5) is 11.6 Å². The largest absolute Gasteiger partial charge is 0.780 e. The van der Waals surface area contributed by atoms with Gasteiger partial charge in [-0.2, -0.15) is 4.98 Å². The lowest BCUT2D eigenvalue weighted by Gasteiger charge is -2.40. The Labute approximate surface area is 676 Å². The molecule has 0 amide bonds. The number of anilines is 2. The number of fused-ring (bicyclic) bond motifs is 5. The van der Waals surface area contributed by atoms with Gasteiger partial charge in [0.15, 0.2) is 49.4 Å². The summed E-state index contributed by atoms with van der Waals surface area (Å²) in [4.78, 5) is 159. The fraction of sp³-hybridized carbons (Fsp3) is 0.667.